The van der Waals surface area contributed by atoms with Crippen molar-refractivity contribution in [1.29, 1.82) is 0 Å². The van der Waals surface area contributed by atoms with Crippen molar-refractivity contribution in [3.05, 3.63) is 0 Å². The van der Waals surface area contributed by atoms with Crippen LogP contribution in [0, 0.1) is 0 Å². The first-order chi connectivity index (χ1) is 9.45. The van der Waals surface area contributed by atoms with Gasteiger partial charge in [0, 0.05) is 19.0 Å². The Bertz CT molecular complexity index is 369. The van der Waals surface area contributed by atoms with Gasteiger partial charge in [0.1, 0.15) is 6.04 Å². The Balaban J connectivity index is 2.48. The third kappa shape index (κ3) is 5.43. The number of carbonyl (C=O) groups excluding carboxylic acids is 1. The molecule has 0 aliphatic heterocycles. The first kappa shape index (κ1) is 16.2. The number of carboxylic acids is 2. The Labute approximate surface area is 116 Å². The second kappa shape index (κ2) is 7.68. The molecule has 1 aliphatic rings. The average Bonchev–Trinajstić information content (AvgIpc) is 3.18. The number of aliphatic hydroxyl groups is 1. The topological polar surface area (TPSA) is 127 Å². The molecule has 1 fully saturated rings. The molecule has 2 amide bonds. The van der Waals surface area contributed by atoms with Gasteiger partial charge in [0.05, 0.1) is 6.61 Å². The zero-order valence-corrected chi connectivity index (χ0v) is 11.1. The number of hydrogen-bond acceptors (Lipinski definition) is 4. The fourth-order valence-corrected chi connectivity index (χ4v) is 1.89. The summed E-state index contributed by atoms with van der Waals surface area (Å²) < 4.78 is 0. The molecule has 1 aliphatic carbocycles. The van der Waals surface area contributed by atoms with Gasteiger partial charge < -0.3 is 25.5 Å². The molecule has 0 spiro atoms. The molecule has 0 unspecified atom stereocenters. The highest BCUT2D eigenvalue weighted by Gasteiger charge is 2.33. The first-order valence-corrected chi connectivity index (χ1v) is 6.58. The van der Waals surface area contributed by atoms with Crippen molar-refractivity contribution in [1.82, 2.24) is 10.2 Å². The number of urea groups is 1. The fourth-order valence-electron chi connectivity index (χ4n) is 1.89. The predicted molar refractivity (Wildman–Crippen MR) is 68.3 cm³/mol. The molecule has 20 heavy (non-hydrogen) atoms. The molecule has 1 saturated carbocycles. The molecule has 0 aromatic heterocycles. The lowest BCUT2D eigenvalue weighted by atomic mass is 10.1. The van der Waals surface area contributed by atoms with E-state index in [0.717, 1.165) is 12.8 Å². The number of nitrogens with one attached hydrogen (secondary N) is 1. The largest absolute Gasteiger partial charge is 0.481 e. The molecule has 8 heteroatoms. The van der Waals surface area contributed by atoms with Gasteiger partial charge in [0.2, 0.25) is 0 Å². The molecule has 0 saturated heterocycles. The standard InChI is InChI=1S/C12H20N2O6/c15-7-6-14(8-4-5-8)12(20)13-9(11(18)19)2-1-3-10(16)17/h8-9,15H,1-7H2,(H,13,20)(H,16,17)(H,18,19)/t9-/m1/s1. The van der Waals surface area contributed by atoms with Crippen LogP contribution in [0.5, 0.6) is 0 Å². The molecule has 1 rings (SSSR count). The van der Waals surface area contributed by atoms with E-state index in [9.17, 15) is 14.4 Å². The van der Waals surface area contributed by atoms with Crippen LogP contribution in [0.15, 0.2) is 0 Å². The zero-order chi connectivity index (χ0) is 15.1. The average molecular weight is 288 g/mol. The normalized spacial score (nSPS) is 15.4. The van der Waals surface area contributed by atoms with Crippen molar-refractivity contribution in [2.45, 2.75) is 44.2 Å². The quantitative estimate of drug-likeness (QED) is 0.467. The molecular formula is C12H20N2O6. The first-order valence-electron chi connectivity index (χ1n) is 6.58. The molecule has 4 N–H and O–H groups in total. The molecule has 8 nitrogen and oxygen atoms in total. The molecule has 0 aromatic rings. The summed E-state index contributed by atoms with van der Waals surface area (Å²) in [6.45, 7) is -0.0152. The molecular weight excluding hydrogens is 268 g/mol. The maximum atomic E-state index is 12.0. The van der Waals surface area contributed by atoms with E-state index in [1.165, 1.54) is 4.90 Å². The Morgan fingerprint density at radius 2 is 1.90 bits per heavy atom. The van der Waals surface area contributed by atoms with Crippen molar-refractivity contribution < 1.29 is 29.7 Å². The van der Waals surface area contributed by atoms with Crippen molar-refractivity contribution in [2.75, 3.05) is 13.2 Å². The minimum atomic E-state index is -1.19. The molecule has 0 aromatic carbocycles. The number of aliphatic hydroxyl groups excluding tert-OH is 1. The summed E-state index contributed by atoms with van der Waals surface area (Å²) >= 11 is 0. The fraction of sp³-hybridized carbons (Fsp3) is 0.750. The summed E-state index contributed by atoms with van der Waals surface area (Å²) in [6.07, 6.45) is 1.80. The summed E-state index contributed by atoms with van der Waals surface area (Å²) in [5.41, 5.74) is 0. The number of nitrogens with zero attached hydrogens (tertiary/aromatic N) is 1. The van der Waals surface area contributed by atoms with Crippen LogP contribution in [0.25, 0.3) is 0 Å². The maximum Gasteiger partial charge on any atom is 0.326 e. The Morgan fingerprint density at radius 3 is 2.35 bits per heavy atom. The summed E-state index contributed by atoms with van der Waals surface area (Å²) in [4.78, 5) is 34.8. The lowest BCUT2D eigenvalue weighted by molar-refractivity contribution is -0.140. The SMILES string of the molecule is O=C(O)CCC[C@@H](NC(=O)N(CCO)C1CC1)C(=O)O. The van der Waals surface area contributed by atoms with Gasteiger partial charge in [-0.25, -0.2) is 9.59 Å². The molecule has 0 heterocycles. The summed E-state index contributed by atoms with van der Waals surface area (Å²) in [7, 11) is 0. The highest BCUT2D eigenvalue weighted by molar-refractivity contribution is 5.83. The van der Waals surface area contributed by atoms with Gasteiger partial charge in [-0.1, -0.05) is 0 Å². The predicted octanol–water partition coefficient (Wildman–Crippen LogP) is -0.139. The van der Waals surface area contributed by atoms with Crippen LogP contribution in [0.4, 0.5) is 4.79 Å². The van der Waals surface area contributed by atoms with E-state index in [1.54, 1.807) is 0 Å². The number of carbonyl (C=O) groups is 3. The van der Waals surface area contributed by atoms with Crippen LogP contribution in [-0.2, 0) is 9.59 Å². The van der Waals surface area contributed by atoms with Gasteiger partial charge in [-0.2, -0.15) is 0 Å². The minimum Gasteiger partial charge on any atom is -0.481 e. The van der Waals surface area contributed by atoms with Gasteiger partial charge in [-0.05, 0) is 25.7 Å². The maximum absolute atomic E-state index is 12.0. The van der Waals surface area contributed by atoms with Crippen molar-refractivity contribution in [3.63, 3.8) is 0 Å². The van der Waals surface area contributed by atoms with Gasteiger partial charge in [-0.15, -0.1) is 0 Å². The lowest BCUT2D eigenvalue weighted by Crippen LogP contribution is -2.49. The van der Waals surface area contributed by atoms with Crippen molar-refractivity contribution in [3.8, 4) is 0 Å². The van der Waals surface area contributed by atoms with E-state index in [1.807, 2.05) is 0 Å². The molecule has 0 bridgehead atoms. The van der Waals surface area contributed by atoms with E-state index < -0.39 is 24.0 Å². The number of hydrogen-bond donors (Lipinski definition) is 4. The number of carboxylic acid groups (broad SMARTS) is 2. The Morgan fingerprint density at radius 1 is 1.25 bits per heavy atom. The Kier molecular flexibility index (Phi) is 6.23. The van der Waals surface area contributed by atoms with Crippen LogP contribution < -0.4 is 5.32 Å². The smallest absolute Gasteiger partial charge is 0.326 e. The number of aliphatic carboxylic acids is 2. The van der Waals surface area contributed by atoms with E-state index in [-0.39, 0.29) is 38.5 Å². The monoisotopic (exact) mass is 288 g/mol. The second-order valence-corrected chi connectivity index (χ2v) is 4.77. The van der Waals surface area contributed by atoms with Crippen LogP contribution in [0.1, 0.15) is 32.1 Å². The molecule has 0 radical (unpaired) electrons. The van der Waals surface area contributed by atoms with Gasteiger partial charge in [0.15, 0.2) is 0 Å². The Hall–Kier alpha value is -1.83. The summed E-state index contributed by atoms with van der Waals surface area (Å²) in [6, 6.07) is -1.57. The van der Waals surface area contributed by atoms with E-state index >= 15 is 0 Å². The number of rotatable bonds is 9. The third-order valence-electron chi connectivity index (χ3n) is 3.07. The lowest BCUT2D eigenvalue weighted by Gasteiger charge is -2.24. The molecule has 1 atom stereocenters. The highest BCUT2D eigenvalue weighted by Crippen LogP contribution is 2.26. The molecule has 114 valence electrons. The second-order valence-electron chi connectivity index (χ2n) is 4.77. The van der Waals surface area contributed by atoms with E-state index in [2.05, 4.69) is 5.32 Å². The van der Waals surface area contributed by atoms with Crippen molar-refractivity contribution >= 4 is 18.0 Å². The third-order valence-corrected chi connectivity index (χ3v) is 3.07. The van der Waals surface area contributed by atoms with E-state index in [4.69, 9.17) is 15.3 Å². The number of amides is 2. The van der Waals surface area contributed by atoms with Gasteiger partial charge >= 0.3 is 18.0 Å². The van der Waals surface area contributed by atoms with Crippen LogP contribution >= 0.6 is 0 Å². The van der Waals surface area contributed by atoms with Crippen molar-refractivity contribution in [2.24, 2.45) is 0 Å². The van der Waals surface area contributed by atoms with Crippen LogP contribution in [0.3, 0.4) is 0 Å². The summed E-state index contributed by atoms with van der Waals surface area (Å²) in [5, 5.41) is 28.8. The van der Waals surface area contributed by atoms with E-state index in [0.29, 0.717) is 0 Å². The van der Waals surface area contributed by atoms with Crippen LogP contribution in [-0.4, -0.2) is 63.4 Å². The highest BCUT2D eigenvalue weighted by atomic mass is 16.4. The van der Waals surface area contributed by atoms with Crippen LogP contribution in [0.2, 0.25) is 0 Å². The zero-order valence-electron chi connectivity index (χ0n) is 11.1. The van der Waals surface area contributed by atoms with Gasteiger partial charge in [-0.3, -0.25) is 4.79 Å². The van der Waals surface area contributed by atoms with Gasteiger partial charge in [0.25, 0.3) is 0 Å². The summed E-state index contributed by atoms with van der Waals surface area (Å²) in [5.74, 6) is -2.19. The minimum absolute atomic E-state index is 0.0605.